The molecule has 1 heterocycles. The number of hydrogen-bond donors (Lipinski definition) is 0. The number of hydrogen-bond acceptors (Lipinski definition) is 2. The van der Waals surface area contributed by atoms with E-state index in [1.54, 1.807) is 6.92 Å². The Morgan fingerprint density at radius 3 is 2.24 bits per heavy atom. The van der Waals surface area contributed by atoms with Gasteiger partial charge in [0.2, 0.25) is 0 Å². The number of carbonyl (C=O) groups excluding carboxylic acids is 1. The summed E-state index contributed by atoms with van der Waals surface area (Å²) >= 11 is 5.93. The molecule has 0 fully saturated rings. The average Bonchev–Trinajstić information content (AvgIpc) is 2.73. The number of alkyl halides is 1. The van der Waals surface area contributed by atoms with Crippen molar-refractivity contribution in [1.29, 1.82) is 0 Å². The van der Waals surface area contributed by atoms with Crippen molar-refractivity contribution in [2.75, 3.05) is 19.0 Å². The third kappa shape index (κ3) is 2.98. The molecule has 1 unspecified atom stereocenters. The van der Waals surface area contributed by atoms with Crippen LogP contribution in [0, 0.1) is 13.8 Å². The minimum Gasteiger partial charge on any atom is -0.378 e. The highest BCUT2D eigenvalue weighted by Gasteiger charge is 2.19. The minimum atomic E-state index is -0.505. The Kier molecular flexibility index (Phi) is 4.43. The van der Waals surface area contributed by atoms with E-state index in [4.69, 9.17) is 11.6 Å². The summed E-state index contributed by atoms with van der Waals surface area (Å²) in [5, 5.41) is -0.505. The molecule has 0 N–H and O–H groups in total. The largest absolute Gasteiger partial charge is 0.378 e. The molecule has 0 spiro atoms. The normalized spacial score (nSPS) is 12.3. The Labute approximate surface area is 131 Å². The number of aromatic nitrogens is 1. The highest BCUT2D eigenvalue weighted by atomic mass is 35.5. The van der Waals surface area contributed by atoms with E-state index in [0.717, 1.165) is 22.8 Å². The lowest BCUT2D eigenvalue weighted by Gasteiger charge is -2.15. The van der Waals surface area contributed by atoms with Crippen LogP contribution in [0.3, 0.4) is 0 Å². The lowest BCUT2D eigenvalue weighted by molar-refractivity contribution is 0.0991. The number of carbonyl (C=O) groups is 1. The summed E-state index contributed by atoms with van der Waals surface area (Å²) in [6.45, 7) is 5.67. The SMILES string of the molecule is Cc1cc(C(=O)C(C)Cl)c(C)n1-c1ccc(N(C)C)cc1. The van der Waals surface area contributed by atoms with Crippen molar-refractivity contribution >= 4 is 23.1 Å². The van der Waals surface area contributed by atoms with Gasteiger partial charge >= 0.3 is 0 Å². The molecule has 112 valence electrons. The molecule has 0 aliphatic carbocycles. The van der Waals surface area contributed by atoms with Crippen LogP contribution in [0.25, 0.3) is 5.69 Å². The van der Waals surface area contributed by atoms with E-state index < -0.39 is 5.38 Å². The van der Waals surface area contributed by atoms with Gasteiger partial charge in [-0.05, 0) is 51.1 Å². The van der Waals surface area contributed by atoms with Crippen LogP contribution in [0.4, 0.5) is 5.69 Å². The molecule has 4 heteroatoms. The molecule has 0 saturated heterocycles. The second-order valence-electron chi connectivity index (χ2n) is 5.51. The monoisotopic (exact) mass is 304 g/mol. The van der Waals surface area contributed by atoms with Gasteiger partial charge in [-0.2, -0.15) is 0 Å². The number of anilines is 1. The lowest BCUT2D eigenvalue weighted by atomic mass is 10.1. The molecule has 0 bridgehead atoms. The molecule has 1 aromatic heterocycles. The van der Waals surface area contributed by atoms with Crippen molar-refractivity contribution in [2.24, 2.45) is 0 Å². The highest BCUT2D eigenvalue weighted by molar-refractivity contribution is 6.33. The van der Waals surface area contributed by atoms with Crippen molar-refractivity contribution in [1.82, 2.24) is 4.57 Å². The molecule has 2 aromatic rings. The number of benzene rings is 1. The molecule has 1 atom stereocenters. The van der Waals surface area contributed by atoms with Crippen molar-refractivity contribution < 1.29 is 4.79 Å². The molecule has 0 amide bonds. The van der Waals surface area contributed by atoms with Crippen LogP contribution in [-0.4, -0.2) is 29.8 Å². The molecule has 21 heavy (non-hydrogen) atoms. The number of aryl methyl sites for hydroxylation is 1. The number of rotatable bonds is 4. The summed E-state index contributed by atoms with van der Waals surface area (Å²) in [5.41, 5.74) is 4.86. The molecule has 0 radical (unpaired) electrons. The van der Waals surface area contributed by atoms with Gasteiger partial charge in [0.1, 0.15) is 0 Å². The van der Waals surface area contributed by atoms with Gasteiger partial charge in [0.05, 0.1) is 5.38 Å². The zero-order chi connectivity index (χ0) is 15.7. The van der Waals surface area contributed by atoms with Gasteiger partial charge in [0.25, 0.3) is 0 Å². The molecule has 1 aromatic carbocycles. The maximum absolute atomic E-state index is 12.2. The van der Waals surface area contributed by atoms with Crippen LogP contribution >= 0.6 is 11.6 Å². The molecular weight excluding hydrogens is 284 g/mol. The Hall–Kier alpha value is -1.74. The van der Waals surface area contributed by atoms with E-state index >= 15 is 0 Å². The summed E-state index contributed by atoms with van der Waals surface area (Å²) in [7, 11) is 4.03. The standard InChI is InChI=1S/C17H21ClN2O/c1-11-10-16(17(21)12(2)18)13(3)20(11)15-8-6-14(7-9-15)19(4)5/h6-10,12H,1-5H3. The third-order valence-electron chi connectivity index (χ3n) is 3.68. The van der Waals surface area contributed by atoms with E-state index in [2.05, 4.69) is 33.7 Å². The van der Waals surface area contributed by atoms with E-state index in [9.17, 15) is 4.79 Å². The first-order chi connectivity index (χ1) is 9.82. The van der Waals surface area contributed by atoms with Gasteiger partial charge < -0.3 is 9.47 Å². The smallest absolute Gasteiger partial charge is 0.182 e. The van der Waals surface area contributed by atoms with Crippen LogP contribution in [0.2, 0.25) is 0 Å². The summed E-state index contributed by atoms with van der Waals surface area (Å²) in [6, 6.07) is 10.2. The summed E-state index contributed by atoms with van der Waals surface area (Å²) in [6.07, 6.45) is 0. The molecular formula is C17H21ClN2O. The number of nitrogens with zero attached hydrogens (tertiary/aromatic N) is 2. The van der Waals surface area contributed by atoms with Gasteiger partial charge in [0, 0.05) is 42.4 Å². The van der Waals surface area contributed by atoms with Crippen LogP contribution in [0.5, 0.6) is 0 Å². The molecule has 0 aliphatic rings. The van der Waals surface area contributed by atoms with Gasteiger partial charge in [-0.3, -0.25) is 4.79 Å². The van der Waals surface area contributed by atoms with E-state index in [1.807, 2.05) is 34.0 Å². The van der Waals surface area contributed by atoms with Gasteiger partial charge in [-0.25, -0.2) is 0 Å². The zero-order valence-electron chi connectivity index (χ0n) is 13.1. The van der Waals surface area contributed by atoms with Gasteiger partial charge in [-0.15, -0.1) is 11.6 Å². The van der Waals surface area contributed by atoms with E-state index in [0.29, 0.717) is 5.56 Å². The maximum Gasteiger partial charge on any atom is 0.182 e. The van der Waals surface area contributed by atoms with Crippen molar-refractivity contribution in [3.8, 4) is 5.69 Å². The van der Waals surface area contributed by atoms with E-state index in [1.165, 1.54) is 0 Å². The summed E-state index contributed by atoms with van der Waals surface area (Å²) in [4.78, 5) is 14.2. The van der Waals surface area contributed by atoms with Crippen molar-refractivity contribution in [3.63, 3.8) is 0 Å². The van der Waals surface area contributed by atoms with Crippen molar-refractivity contribution in [2.45, 2.75) is 26.1 Å². The predicted octanol–water partition coefficient (Wildman–Crippen LogP) is 3.97. The van der Waals surface area contributed by atoms with Crippen LogP contribution < -0.4 is 4.90 Å². The van der Waals surface area contributed by atoms with Crippen LogP contribution in [0.15, 0.2) is 30.3 Å². The van der Waals surface area contributed by atoms with E-state index in [-0.39, 0.29) is 5.78 Å². The second kappa shape index (κ2) is 5.94. The number of ketones is 1. The quantitative estimate of drug-likeness (QED) is 0.631. The number of Topliss-reactive ketones (excluding diaryl/α,β-unsaturated/α-hetero) is 1. The Morgan fingerprint density at radius 2 is 1.76 bits per heavy atom. The molecule has 0 aliphatic heterocycles. The zero-order valence-corrected chi connectivity index (χ0v) is 13.9. The van der Waals surface area contributed by atoms with Crippen LogP contribution in [0.1, 0.15) is 28.7 Å². The van der Waals surface area contributed by atoms with Crippen molar-refractivity contribution in [3.05, 3.63) is 47.3 Å². The molecule has 3 nitrogen and oxygen atoms in total. The Bertz CT molecular complexity index is 654. The fourth-order valence-electron chi connectivity index (χ4n) is 2.52. The molecule has 2 rings (SSSR count). The fraction of sp³-hybridized carbons (Fsp3) is 0.353. The summed E-state index contributed by atoms with van der Waals surface area (Å²) in [5.74, 6) is -0.0269. The average molecular weight is 305 g/mol. The first-order valence-electron chi connectivity index (χ1n) is 6.98. The number of halogens is 1. The van der Waals surface area contributed by atoms with Gasteiger partial charge in [-0.1, -0.05) is 0 Å². The predicted molar refractivity (Wildman–Crippen MR) is 89.2 cm³/mol. The topological polar surface area (TPSA) is 25.2 Å². The second-order valence-corrected chi connectivity index (χ2v) is 6.17. The Balaban J connectivity index is 2.47. The summed E-state index contributed by atoms with van der Waals surface area (Å²) < 4.78 is 2.09. The van der Waals surface area contributed by atoms with Crippen LogP contribution in [-0.2, 0) is 0 Å². The first-order valence-corrected chi connectivity index (χ1v) is 7.41. The third-order valence-corrected chi connectivity index (χ3v) is 3.88. The fourth-order valence-corrected chi connectivity index (χ4v) is 2.64. The first kappa shape index (κ1) is 15.6. The maximum atomic E-state index is 12.2. The minimum absolute atomic E-state index is 0.0269. The molecule has 0 saturated carbocycles. The Morgan fingerprint density at radius 1 is 1.19 bits per heavy atom. The van der Waals surface area contributed by atoms with Gasteiger partial charge in [0.15, 0.2) is 5.78 Å². The lowest BCUT2D eigenvalue weighted by Crippen LogP contribution is -2.12. The highest BCUT2D eigenvalue weighted by Crippen LogP contribution is 2.24.